The van der Waals surface area contributed by atoms with Crippen molar-refractivity contribution in [2.75, 3.05) is 34.5 Å². The molecule has 37 heavy (non-hydrogen) atoms. The summed E-state index contributed by atoms with van der Waals surface area (Å²) in [7, 11) is 4.40. The second kappa shape index (κ2) is 13.4. The molecule has 0 saturated carbocycles. The first-order valence-electron chi connectivity index (χ1n) is 11.4. The number of hydrogen-bond donors (Lipinski definition) is 2. The Morgan fingerprint density at radius 2 is 1.68 bits per heavy atom. The fourth-order valence-corrected chi connectivity index (χ4v) is 3.49. The van der Waals surface area contributed by atoms with E-state index in [1.54, 1.807) is 44.6 Å². The largest absolute Gasteiger partial charge is 0.497 e. The molecule has 0 amide bonds. The number of rotatable bonds is 12. The third-order valence-electron chi connectivity index (χ3n) is 5.46. The van der Waals surface area contributed by atoms with E-state index >= 15 is 0 Å². The lowest BCUT2D eigenvalue weighted by Crippen LogP contribution is -2.31. The third-order valence-corrected chi connectivity index (χ3v) is 5.46. The first kappa shape index (κ1) is 27.6. The fraction of sp³-hybridized carbons (Fsp3) is 0.250. The molecule has 0 heterocycles. The van der Waals surface area contributed by atoms with Crippen molar-refractivity contribution < 1.29 is 37.6 Å². The van der Waals surface area contributed by atoms with Crippen LogP contribution in [0, 0.1) is 11.6 Å². The van der Waals surface area contributed by atoms with Crippen LogP contribution >= 0.6 is 0 Å². The van der Waals surface area contributed by atoms with Crippen molar-refractivity contribution >= 4 is 17.6 Å². The topological polar surface area (TPSA) is 86.3 Å². The molecule has 0 aromatic heterocycles. The van der Waals surface area contributed by atoms with Gasteiger partial charge in [0.2, 0.25) is 0 Å². The average Bonchev–Trinajstić information content (AvgIpc) is 2.92. The van der Waals surface area contributed by atoms with Gasteiger partial charge in [0.25, 0.3) is 0 Å². The Kier molecular flexibility index (Phi) is 10.00. The van der Waals surface area contributed by atoms with Crippen molar-refractivity contribution in [1.29, 1.82) is 0 Å². The number of hydrogen-bond acceptors (Lipinski definition) is 7. The molecule has 3 rings (SSSR count). The second-order valence-electron chi connectivity index (χ2n) is 8.02. The summed E-state index contributed by atoms with van der Waals surface area (Å²) in [6.45, 7) is 0.816. The molecule has 0 saturated heterocycles. The molecule has 7 nitrogen and oxygen atoms in total. The van der Waals surface area contributed by atoms with Crippen LogP contribution in [0.5, 0.6) is 17.2 Å². The molecular weight excluding hydrogens is 484 g/mol. The molecule has 1 atom stereocenters. The van der Waals surface area contributed by atoms with Gasteiger partial charge in [-0.1, -0.05) is 24.3 Å². The molecule has 9 heteroatoms. The van der Waals surface area contributed by atoms with Crippen LogP contribution < -0.4 is 19.5 Å². The molecule has 2 N–H and O–H groups in total. The van der Waals surface area contributed by atoms with Gasteiger partial charge in [0.15, 0.2) is 11.6 Å². The number of methoxy groups -OCH3 is 3. The minimum Gasteiger partial charge on any atom is -0.497 e. The van der Waals surface area contributed by atoms with E-state index in [2.05, 4.69) is 5.32 Å². The predicted molar refractivity (Wildman–Crippen MR) is 135 cm³/mol. The Balaban J connectivity index is 1.56. The summed E-state index contributed by atoms with van der Waals surface area (Å²) in [5.74, 6) is -0.764. The zero-order valence-electron chi connectivity index (χ0n) is 20.8. The minimum atomic E-state index is -1.02. The highest BCUT2D eigenvalue weighted by Gasteiger charge is 2.14. The van der Waals surface area contributed by atoms with E-state index < -0.39 is 23.7 Å². The molecule has 0 fully saturated rings. The van der Waals surface area contributed by atoms with Crippen LogP contribution in [-0.4, -0.2) is 51.7 Å². The van der Waals surface area contributed by atoms with Crippen molar-refractivity contribution in [2.24, 2.45) is 0 Å². The number of benzene rings is 3. The van der Waals surface area contributed by atoms with Crippen LogP contribution in [-0.2, 0) is 16.1 Å². The molecule has 0 radical (unpaired) electrons. The van der Waals surface area contributed by atoms with Crippen molar-refractivity contribution in [2.45, 2.75) is 12.6 Å². The van der Waals surface area contributed by atoms with Crippen LogP contribution in [0.2, 0.25) is 0 Å². The van der Waals surface area contributed by atoms with E-state index in [-0.39, 0.29) is 18.7 Å². The Labute approximate surface area is 214 Å². The van der Waals surface area contributed by atoms with Gasteiger partial charge >= 0.3 is 5.97 Å². The Bertz CT molecular complexity index is 1230. The number of carbonyl (C=O) groups excluding carboxylic acids is 1. The lowest BCUT2D eigenvalue weighted by Gasteiger charge is -2.15. The van der Waals surface area contributed by atoms with Gasteiger partial charge in [0.1, 0.15) is 30.0 Å². The quantitative estimate of drug-likeness (QED) is 0.213. The van der Waals surface area contributed by atoms with Crippen LogP contribution in [0.25, 0.3) is 11.6 Å². The van der Waals surface area contributed by atoms with Crippen molar-refractivity contribution in [3.8, 4) is 17.2 Å². The maximum atomic E-state index is 13.6. The highest BCUT2D eigenvalue weighted by atomic mass is 19.2. The number of nitrogens with one attached hydrogen (secondary N) is 1. The van der Waals surface area contributed by atoms with Crippen LogP contribution in [0.3, 0.4) is 0 Å². The lowest BCUT2D eigenvalue weighted by atomic mass is 10.0. The van der Waals surface area contributed by atoms with Gasteiger partial charge in [-0.15, -0.1) is 0 Å². The molecule has 1 unspecified atom stereocenters. The van der Waals surface area contributed by atoms with E-state index in [0.717, 1.165) is 17.7 Å². The first-order valence-corrected chi connectivity index (χ1v) is 11.4. The molecule has 0 aliphatic rings. The summed E-state index contributed by atoms with van der Waals surface area (Å²) in [6.07, 6.45) is 0.639. The normalized spacial score (nSPS) is 12.1. The zero-order valence-corrected chi connectivity index (χ0v) is 20.8. The molecular formula is C28H29F2NO6. The van der Waals surface area contributed by atoms with Gasteiger partial charge in [0.05, 0.1) is 26.9 Å². The molecule has 0 aliphatic heterocycles. The van der Waals surface area contributed by atoms with E-state index in [1.807, 2.05) is 12.1 Å². The summed E-state index contributed by atoms with van der Waals surface area (Å²) in [5.41, 5.74) is 1.89. The zero-order chi connectivity index (χ0) is 26.8. The maximum absolute atomic E-state index is 13.6. The lowest BCUT2D eigenvalue weighted by molar-refractivity contribution is -0.133. The molecule has 3 aromatic rings. The Morgan fingerprint density at radius 3 is 2.32 bits per heavy atom. The van der Waals surface area contributed by atoms with Gasteiger partial charge < -0.3 is 29.4 Å². The first-order chi connectivity index (χ1) is 17.8. The smallest absolute Gasteiger partial charge is 0.338 e. The number of aliphatic hydroxyl groups is 1. The maximum Gasteiger partial charge on any atom is 0.338 e. The third kappa shape index (κ3) is 7.77. The van der Waals surface area contributed by atoms with E-state index in [9.17, 15) is 18.7 Å². The number of ether oxygens (including phenoxy) is 4. The van der Waals surface area contributed by atoms with Crippen molar-refractivity contribution in [1.82, 2.24) is 5.32 Å². The number of carbonyl (C=O) groups is 1. The summed E-state index contributed by atoms with van der Waals surface area (Å²) in [4.78, 5) is 12.3. The summed E-state index contributed by atoms with van der Waals surface area (Å²) >= 11 is 0. The van der Waals surface area contributed by atoms with Gasteiger partial charge in [-0.25, -0.2) is 13.6 Å². The van der Waals surface area contributed by atoms with E-state index in [4.69, 9.17) is 18.9 Å². The predicted octanol–water partition coefficient (Wildman–Crippen LogP) is 4.23. The van der Waals surface area contributed by atoms with Crippen LogP contribution in [0.1, 0.15) is 16.7 Å². The number of aliphatic hydroxyl groups excluding tert-OH is 1. The van der Waals surface area contributed by atoms with Crippen molar-refractivity contribution in [3.63, 3.8) is 0 Å². The Hall–Kier alpha value is -3.95. The summed E-state index contributed by atoms with van der Waals surface area (Å²) < 4.78 is 47.9. The number of esters is 1. The molecule has 196 valence electrons. The monoisotopic (exact) mass is 513 g/mol. The van der Waals surface area contributed by atoms with Gasteiger partial charge in [-0.2, -0.15) is 0 Å². The Morgan fingerprint density at radius 1 is 0.946 bits per heavy atom. The van der Waals surface area contributed by atoms with Gasteiger partial charge in [-0.3, -0.25) is 0 Å². The highest BCUT2D eigenvalue weighted by molar-refractivity contribution is 6.21. The summed E-state index contributed by atoms with van der Waals surface area (Å²) in [6, 6.07) is 15.4. The SMILES string of the molecule is COC(=O)C(=Cc1ccc(F)c(F)c1)c1ccc(OCC(O)CNCc2ccc(OC)cc2OC)cc1. The number of halogens is 2. The highest BCUT2D eigenvalue weighted by Crippen LogP contribution is 2.25. The van der Waals surface area contributed by atoms with Crippen molar-refractivity contribution in [3.05, 3.63) is 89.0 Å². The van der Waals surface area contributed by atoms with E-state index in [1.165, 1.54) is 19.3 Å². The van der Waals surface area contributed by atoms with Crippen LogP contribution in [0.15, 0.2) is 60.7 Å². The van der Waals surface area contributed by atoms with Crippen LogP contribution in [0.4, 0.5) is 8.78 Å². The van der Waals surface area contributed by atoms with E-state index in [0.29, 0.717) is 34.9 Å². The minimum absolute atomic E-state index is 0.0423. The molecule has 0 spiro atoms. The second-order valence-corrected chi connectivity index (χ2v) is 8.02. The average molecular weight is 514 g/mol. The summed E-state index contributed by atoms with van der Waals surface area (Å²) in [5, 5.41) is 13.4. The molecule has 3 aromatic carbocycles. The van der Waals surface area contributed by atoms with Gasteiger partial charge in [0, 0.05) is 24.7 Å². The molecule has 0 aliphatic carbocycles. The standard InChI is InChI=1S/C28H29F2NO6/c1-34-23-10-7-20(27(14-23)35-2)15-31-16-21(32)17-37-22-8-5-19(6-9-22)24(28(33)36-3)12-18-4-11-25(29)26(30)13-18/h4-14,21,31-32H,15-17H2,1-3H3. The molecule has 0 bridgehead atoms. The van der Waals surface area contributed by atoms with Gasteiger partial charge in [-0.05, 0) is 47.5 Å². The fourth-order valence-electron chi connectivity index (χ4n) is 3.49.